The summed E-state index contributed by atoms with van der Waals surface area (Å²) < 4.78 is 12.9. The molecule has 0 atom stereocenters. The first kappa shape index (κ1) is 52.3. The molecule has 0 bridgehead atoms. The molecule has 0 spiro atoms. The molecular weight excluding hydrogens is 921 g/mol. The van der Waals surface area contributed by atoms with Crippen LogP contribution in [0.1, 0.15) is 240 Å². The fourth-order valence-electron chi connectivity index (χ4n) is 7.65. The molecule has 3 heterocycles. The number of rotatable bonds is 38. The molecule has 0 amide bonds. The summed E-state index contributed by atoms with van der Waals surface area (Å²) in [6, 6.07) is 8.05. The van der Waals surface area contributed by atoms with Crippen molar-refractivity contribution in [3.05, 3.63) is 43.0 Å². The number of hydrogen-bond acceptors (Lipinski definition) is 7. The normalized spacial score (nSPS) is 11.5. The average Bonchev–Trinajstić information content (AvgIpc) is 3.98. The molecular formula is C50H78Br2O4S3. The molecule has 0 saturated heterocycles. The standard InChI is InChI=1S/C50H78Br2O4S3/c1-3-5-7-9-11-13-15-17-19-21-23-25-27-29-31-33-37-55-49(53)41-39-45(58-47(41)51)43-35-36-44(57-43)46-40-42(48(52)59-46)50(54)56-38-34-32-30-28-26-24-22-20-18-16-14-12-10-8-6-4-2/h35-36,39-40H,3-34,37-38H2,1-2H3. The summed E-state index contributed by atoms with van der Waals surface area (Å²) in [5.74, 6) is -0.524. The van der Waals surface area contributed by atoms with Gasteiger partial charge in [-0.05, 0) is 69.0 Å². The summed E-state index contributed by atoms with van der Waals surface area (Å²) in [6.07, 6.45) is 42.4. The molecule has 4 nitrogen and oxygen atoms in total. The third kappa shape index (κ3) is 23.3. The molecule has 0 aliphatic rings. The highest BCUT2D eigenvalue weighted by Gasteiger charge is 2.20. The lowest BCUT2D eigenvalue weighted by Gasteiger charge is -2.05. The van der Waals surface area contributed by atoms with Crippen LogP contribution in [0.15, 0.2) is 31.8 Å². The number of ether oxygens (including phenoxy) is 2. The molecule has 3 aromatic heterocycles. The Balaban J connectivity index is 1.23. The molecule has 59 heavy (non-hydrogen) atoms. The Labute approximate surface area is 389 Å². The summed E-state index contributed by atoms with van der Waals surface area (Å²) in [7, 11) is 0. The number of thiophene rings is 3. The monoisotopic (exact) mass is 996 g/mol. The van der Waals surface area contributed by atoms with Crippen molar-refractivity contribution in [2.45, 2.75) is 219 Å². The summed E-state index contributed by atoms with van der Waals surface area (Å²) in [5, 5.41) is 0. The van der Waals surface area contributed by atoms with Crippen molar-refractivity contribution in [3.8, 4) is 19.5 Å². The number of halogens is 2. The topological polar surface area (TPSA) is 52.6 Å². The van der Waals surface area contributed by atoms with Gasteiger partial charge in [-0.1, -0.05) is 206 Å². The number of esters is 2. The van der Waals surface area contributed by atoms with E-state index in [1.54, 1.807) is 34.0 Å². The van der Waals surface area contributed by atoms with E-state index < -0.39 is 0 Å². The predicted molar refractivity (Wildman–Crippen MR) is 266 cm³/mol. The lowest BCUT2D eigenvalue weighted by Crippen LogP contribution is -2.05. The molecule has 3 rings (SSSR count). The Hall–Kier alpha value is -1.00. The molecule has 0 aromatic carbocycles. The van der Waals surface area contributed by atoms with E-state index in [1.165, 1.54) is 180 Å². The first-order valence-electron chi connectivity index (χ1n) is 24.0. The second-order valence-electron chi connectivity index (χ2n) is 16.6. The summed E-state index contributed by atoms with van der Waals surface area (Å²) in [5.41, 5.74) is 1.18. The molecule has 0 fully saturated rings. The van der Waals surface area contributed by atoms with Crippen molar-refractivity contribution >= 4 is 77.8 Å². The Kier molecular flexibility index (Phi) is 30.6. The van der Waals surface area contributed by atoms with Gasteiger partial charge in [0.2, 0.25) is 0 Å². The maximum atomic E-state index is 12.9. The zero-order valence-electron chi connectivity index (χ0n) is 37.0. The van der Waals surface area contributed by atoms with E-state index in [-0.39, 0.29) is 11.9 Å². The average molecular weight is 999 g/mol. The second kappa shape index (κ2) is 34.5. The maximum Gasteiger partial charge on any atom is 0.340 e. The Morgan fingerprint density at radius 1 is 0.390 bits per heavy atom. The number of carbonyl (C=O) groups excluding carboxylic acids is 2. The zero-order chi connectivity index (χ0) is 42.2. The van der Waals surface area contributed by atoms with Crippen LogP contribution in [0.25, 0.3) is 19.5 Å². The molecule has 0 N–H and O–H groups in total. The van der Waals surface area contributed by atoms with Gasteiger partial charge < -0.3 is 9.47 Å². The van der Waals surface area contributed by atoms with E-state index in [2.05, 4.69) is 57.8 Å². The van der Waals surface area contributed by atoms with Gasteiger partial charge in [-0.2, -0.15) is 0 Å². The minimum Gasteiger partial charge on any atom is -0.462 e. The van der Waals surface area contributed by atoms with Crippen molar-refractivity contribution in [1.82, 2.24) is 0 Å². The largest absolute Gasteiger partial charge is 0.462 e. The summed E-state index contributed by atoms with van der Waals surface area (Å²) >= 11 is 12.0. The Bertz CT molecular complexity index is 1400. The third-order valence-corrected chi connectivity index (χ3v) is 16.5. The van der Waals surface area contributed by atoms with Crippen LogP contribution in [-0.2, 0) is 9.47 Å². The summed E-state index contributed by atoms with van der Waals surface area (Å²) in [4.78, 5) is 30.1. The van der Waals surface area contributed by atoms with E-state index in [4.69, 9.17) is 9.47 Å². The molecule has 9 heteroatoms. The fraction of sp³-hybridized carbons (Fsp3) is 0.720. The number of unbranched alkanes of at least 4 members (excludes halogenated alkanes) is 30. The van der Waals surface area contributed by atoms with Crippen LogP contribution < -0.4 is 0 Å². The first-order chi connectivity index (χ1) is 28.9. The van der Waals surface area contributed by atoms with Crippen molar-refractivity contribution in [1.29, 1.82) is 0 Å². The quantitative estimate of drug-likeness (QED) is 0.0424. The maximum absolute atomic E-state index is 12.9. The van der Waals surface area contributed by atoms with Gasteiger partial charge >= 0.3 is 11.9 Å². The van der Waals surface area contributed by atoms with E-state index >= 15 is 0 Å². The van der Waals surface area contributed by atoms with E-state index in [0.29, 0.717) is 24.3 Å². The predicted octanol–water partition coefficient (Wildman–Crippen LogP) is 19.6. The minimum atomic E-state index is -0.262. The van der Waals surface area contributed by atoms with Gasteiger partial charge in [-0.15, -0.1) is 34.0 Å². The zero-order valence-corrected chi connectivity index (χ0v) is 42.6. The van der Waals surface area contributed by atoms with Crippen molar-refractivity contribution < 1.29 is 19.1 Å². The van der Waals surface area contributed by atoms with Gasteiger partial charge in [0.05, 0.1) is 31.9 Å². The van der Waals surface area contributed by atoms with Crippen molar-refractivity contribution in [3.63, 3.8) is 0 Å². The van der Waals surface area contributed by atoms with Gasteiger partial charge in [-0.25, -0.2) is 9.59 Å². The molecule has 0 aliphatic heterocycles. The molecule has 0 aliphatic carbocycles. The molecule has 3 aromatic rings. The molecule has 0 saturated carbocycles. The smallest absolute Gasteiger partial charge is 0.340 e. The first-order valence-corrected chi connectivity index (χ1v) is 28.0. The van der Waals surface area contributed by atoms with Crippen molar-refractivity contribution in [2.24, 2.45) is 0 Å². The summed E-state index contributed by atoms with van der Waals surface area (Å²) in [6.45, 7) is 5.50. The molecule has 334 valence electrons. The van der Waals surface area contributed by atoms with Gasteiger partial charge in [-0.3, -0.25) is 0 Å². The van der Waals surface area contributed by atoms with Gasteiger partial charge in [0.15, 0.2) is 0 Å². The van der Waals surface area contributed by atoms with Gasteiger partial charge in [0.1, 0.15) is 0 Å². The van der Waals surface area contributed by atoms with Crippen LogP contribution in [-0.4, -0.2) is 25.2 Å². The van der Waals surface area contributed by atoms with Crippen LogP contribution >= 0.6 is 65.9 Å². The van der Waals surface area contributed by atoms with E-state index in [9.17, 15) is 9.59 Å². The third-order valence-electron chi connectivity index (χ3n) is 11.4. The number of carbonyl (C=O) groups is 2. The second-order valence-corrected chi connectivity index (χ2v) is 22.5. The highest BCUT2D eigenvalue weighted by molar-refractivity contribution is 9.11. The Morgan fingerprint density at radius 3 is 0.915 bits per heavy atom. The van der Waals surface area contributed by atoms with Crippen LogP contribution in [0.2, 0.25) is 0 Å². The van der Waals surface area contributed by atoms with E-state index in [0.717, 1.165) is 52.8 Å². The minimum absolute atomic E-state index is 0.262. The lowest BCUT2D eigenvalue weighted by molar-refractivity contribution is 0.0488. The molecule has 0 radical (unpaired) electrons. The Morgan fingerprint density at radius 2 is 0.644 bits per heavy atom. The van der Waals surface area contributed by atoms with Gasteiger partial charge in [0, 0.05) is 19.5 Å². The SMILES string of the molecule is CCCCCCCCCCCCCCCCCCOC(=O)c1cc(-c2ccc(-c3cc(C(=O)OCCCCCCCCCCCCCCCCCC)c(Br)s3)s2)sc1Br. The number of hydrogen-bond donors (Lipinski definition) is 0. The van der Waals surface area contributed by atoms with Crippen LogP contribution in [0, 0.1) is 0 Å². The van der Waals surface area contributed by atoms with Crippen LogP contribution in [0.4, 0.5) is 0 Å². The van der Waals surface area contributed by atoms with Crippen LogP contribution in [0.5, 0.6) is 0 Å². The van der Waals surface area contributed by atoms with Crippen molar-refractivity contribution in [2.75, 3.05) is 13.2 Å². The highest BCUT2D eigenvalue weighted by atomic mass is 79.9. The fourth-order valence-corrected chi connectivity index (χ4v) is 12.2. The van der Waals surface area contributed by atoms with E-state index in [1.807, 2.05) is 12.1 Å². The molecule has 0 unspecified atom stereocenters. The van der Waals surface area contributed by atoms with Crippen LogP contribution in [0.3, 0.4) is 0 Å². The lowest BCUT2D eigenvalue weighted by atomic mass is 10.0. The highest BCUT2D eigenvalue weighted by Crippen LogP contribution is 2.44. The van der Waals surface area contributed by atoms with Gasteiger partial charge in [0.25, 0.3) is 0 Å².